The van der Waals surface area contributed by atoms with Crippen molar-refractivity contribution in [3.63, 3.8) is 0 Å². The van der Waals surface area contributed by atoms with Crippen LogP contribution in [0.5, 0.6) is 17.2 Å². The summed E-state index contributed by atoms with van der Waals surface area (Å²) in [5, 5.41) is 0. The van der Waals surface area contributed by atoms with E-state index in [0.717, 1.165) is 28.7 Å². The van der Waals surface area contributed by atoms with Gasteiger partial charge in [0.05, 0.1) is 19.8 Å². The van der Waals surface area contributed by atoms with Gasteiger partial charge >= 0.3 is 5.97 Å². The number of carbonyl (C=O) groups excluding carboxylic acids is 2. The molecule has 0 heterocycles. The second kappa shape index (κ2) is 9.65. The highest BCUT2D eigenvalue weighted by Gasteiger charge is 2.26. The molecule has 1 aliphatic carbocycles. The number of esters is 1. The lowest BCUT2D eigenvalue weighted by molar-refractivity contribution is -0.150. The molecule has 0 amide bonds. The molecule has 2 aromatic rings. The van der Waals surface area contributed by atoms with E-state index in [1.807, 2.05) is 45.0 Å². The Morgan fingerprint density at radius 2 is 1.77 bits per heavy atom. The molecule has 0 N–H and O–H groups in total. The maximum atomic E-state index is 12.2. The predicted octanol–water partition coefficient (Wildman–Crippen LogP) is 4.61. The van der Waals surface area contributed by atoms with Gasteiger partial charge in [0.2, 0.25) is 5.75 Å². The fourth-order valence-electron chi connectivity index (χ4n) is 3.56. The monoisotopic (exact) mass is 412 g/mol. The minimum absolute atomic E-state index is 0.144. The summed E-state index contributed by atoms with van der Waals surface area (Å²) >= 11 is 0. The summed E-state index contributed by atoms with van der Waals surface area (Å²) in [4.78, 5) is 24.4. The van der Waals surface area contributed by atoms with Gasteiger partial charge in [-0.15, -0.1) is 0 Å². The molecule has 3 rings (SSSR count). The van der Waals surface area contributed by atoms with Crippen molar-refractivity contribution in [3.05, 3.63) is 41.5 Å². The van der Waals surface area contributed by atoms with Crippen LogP contribution in [0.4, 0.5) is 0 Å². The van der Waals surface area contributed by atoms with Crippen LogP contribution in [0, 0.1) is 0 Å². The van der Waals surface area contributed by atoms with Crippen LogP contribution in [0.15, 0.2) is 30.3 Å². The van der Waals surface area contributed by atoms with Crippen LogP contribution in [0.3, 0.4) is 0 Å². The van der Waals surface area contributed by atoms with E-state index in [-0.39, 0.29) is 18.5 Å². The zero-order valence-electron chi connectivity index (χ0n) is 17.9. The Labute approximate surface area is 177 Å². The van der Waals surface area contributed by atoms with Crippen LogP contribution < -0.4 is 14.2 Å². The summed E-state index contributed by atoms with van der Waals surface area (Å²) in [7, 11) is 1.55. The third-order valence-electron chi connectivity index (χ3n) is 5.20. The molecule has 0 bridgehead atoms. The van der Waals surface area contributed by atoms with E-state index in [4.69, 9.17) is 18.9 Å². The fourth-order valence-corrected chi connectivity index (χ4v) is 3.56. The van der Waals surface area contributed by atoms with Crippen LogP contribution in [0.25, 0.3) is 11.1 Å². The first kappa shape index (κ1) is 21.7. The van der Waals surface area contributed by atoms with Crippen molar-refractivity contribution in [2.75, 3.05) is 20.3 Å². The lowest BCUT2D eigenvalue weighted by Gasteiger charge is -2.20. The molecule has 0 saturated heterocycles. The third-order valence-corrected chi connectivity index (χ3v) is 5.20. The summed E-state index contributed by atoms with van der Waals surface area (Å²) in [5.74, 6) is 1.04. The first-order valence-corrected chi connectivity index (χ1v) is 10.3. The van der Waals surface area contributed by atoms with Crippen molar-refractivity contribution < 1.29 is 28.5 Å². The van der Waals surface area contributed by atoms with E-state index in [0.29, 0.717) is 36.7 Å². The van der Waals surface area contributed by atoms with Gasteiger partial charge < -0.3 is 18.9 Å². The highest BCUT2D eigenvalue weighted by Crippen LogP contribution is 2.46. The molecule has 6 nitrogen and oxygen atoms in total. The highest BCUT2D eigenvalue weighted by molar-refractivity contribution is 6.02. The van der Waals surface area contributed by atoms with Crippen molar-refractivity contribution in [1.82, 2.24) is 0 Å². The van der Waals surface area contributed by atoms with Gasteiger partial charge in [0, 0.05) is 17.5 Å². The number of hydrogen-bond acceptors (Lipinski definition) is 6. The van der Waals surface area contributed by atoms with Crippen molar-refractivity contribution in [1.29, 1.82) is 0 Å². The molecule has 160 valence electrons. The minimum Gasteiger partial charge on any atom is -0.493 e. The number of fused-ring (bicyclic) bond motifs is 1. The van der Waals surface area contributed by atoms with Crippen LogP contribution in [0.1, 0.15) is 49.5 Å². The first-order valence-electron chi connectivity index (χ1n) is 10.3. The molecule has 0 radical (unpaired) electrons. The van der Waals surface area contributed by atoms with E-state index in [9.17, 15) is 9.59 Å². The van der Waals surface area contributed by atoms with Crippen molar-refractivity contribution in [3.8, 4) is 28.4 Å². The zero-order valence-corrected chi connectivity index (χ0v) is 17.9. The van der Waals surface area contributed by atoms with E-state index < -0.39 is 5.97 Å². The largest absolute Gasteiger partial charge is 0.493 e. The molecule has 0 saturated carbocycles. The number of ether oxygens (including phenoxy) is 4. The topological polar surface area (TPSA) is 71.1 Å². The number of methoxy groups -OCH3 is 1. The first-order chi connectivity index (χ1) is 14.5. The van der Waals surface area contributed by atoms with Gasteiger partial charge in [0.25, 0.3) is 0 Å². The van der Waals surface area contributed by atoms with Gasteiger partial charge in [-0.1, -0.05) is 25.1 Å². The normalized spacial score (nSPS) is 13.5. The highest BCUT2D eigenvalue weighted by atomic mass is 16.6. The van der Waals surface area contributed by atoms with Crippen LogP contribution in [0.2, 0.25) is 0 Å². The van der Waals surface area contributed by atoms with Gasteiger partial charge in [-0.3, -0.25) is 4.79 Å². The summed E-state index contributed by atoms with van der Waals surface area (Å²) in [5.41, 5.74) is 3.37. The summed E-state index contributed by atoms with van der Waals surface area (Å²) in [6, 6.07) is 9.35. The average Bonchev–Trinajstić information content (AvgIpc) is 3.13. The zero-order chi connectivity index (χ0) is 21.7. The molecule has 2 aromatic carbocycles. The van der Waals surface area contributed by atoms with Gasteiger partial charge in [0.15, 0.2) is 23.9 Å². The van der Waals surface area contributed by atoms with E-state index >= 15 is 0 Å². The second-order valence-corrected chi connectivity index (χ2v) is 7.16. The molecule has 1 atom stereocenters. The van der Waals surface area contributed by atoms with Gasteiger partial charge in [-0.25, -0.2) is 4.79 Å². The molecule has 30 heavy (non-hydrogen) atoms. The van der Waals surface area contributed by atoms with Crippen LogP contribution >= 0.6 is 0 Å². The maximum absolute atomic E-state index is 12.2. The Hall–Kier alpha value is -3.02. The quantitative estimate of drug-likeness (QED) is 0.560. The van der Waals surface area contributed by atoms with Crippen LogP contribution in [-0.4, -0.2) is 38.2 Å². The summed E-state index contributed by atoms with van der Waals surface area (Å²) < 4.78 is 22.6. The van der Waals surface area contributed by atoms with Crippen molar-refractivity contribution in [2.24, 2.45) is 0 Å². The van der Waals surface area contributed by atoms with Gasteiger partial charge in [0.1, 0.15) is 0 Å². The smallest absolute Gasteiger partial charge is 0.344 e. The molecule has 0 aliphatic heterocycles. The van der Waals surface area contributed by atoms with E-state index in [1.165, 1.54) is 0 Å². The molecular weight excluding hydrogens is 384 g/mol. The van der Waals surface area contributed by atoms with Crippen LogP contribution in [-0.2, 0) is 16.0 Å². The third kappa shape index (κ3) is 4.42. The Kier molecular flexibility index (Phi) is 6.98. The second-order valence-electron chi connectivity index (χ2n) is 7.16. The van der Waals surface area contributed by atoms with Gasteiger partial charge in [-0.05, 0) is 49.9 Å². The lowest BCUT2D eigenvalue weighted by Crippen LogP contribution is -2.20. The minimum atomic E-state index is -0.450. The number of carbonyl (C=O) groups is 2. The SMILES string of the molecule is CCOc1c(OC)ccc(-c2cccc3c2CCC3=O)c1OCC(=O)OC(C)CC. The number of hydrogen-bond donors (Lipinski definition) is 0. The predicted molar refractivity (Wildman–Crippen MR) is 114 cm³/mol. The molecule has 0 fully saturated rings. The Balaban J connectivity index is 2.04. The maximum Gasteiger partial charge on any atom is 0.344 e. The Morgan fingerprint density at radius 1 is 1.00 bits per heavy atom. The molecular formula is C24H28O6. The van der Waals surface area contributed by atoms with Gasteiger partial charge in [-0.2, -0.15) is 0 Å². The van der Waals surface area contributed by atoms with E-state index in [2.05, 4.69) is 0 Å². The molecule has 1 aliphatic rings. The number of rotatable bonds is 9. The number of Topliss-reactive ketones (excluding diaryl/α,β-unsaturated/α-hetero) is 1. The fraction of sp³-hybridized carbons (Fsp3) is 0.417. The summed E-state index contributed by atoms with van der Waals surface area (Å²) in [6.07, 6.45) is 1.72. The Bertz CT molecular complexity index is 934. The molecule has 1 unspecified atom stereocenters. The molecule has 6 heteroatoms. The Morgan fingerprint density at radius 3 is 2.47 bits per heavy atom. The van der Waals surface area contributed by atoms with E-state index in [1.54, 1.807) is 13.2 Å². The lowest BCUT2D eigenvalue weighted by atomic mass is 9.95. The molecule has 0 aromatic heterocycles. The number of benzene rings is 2. The molecule has 0 spiro atoms. The van der Waals surface area contributed by atoms with Crippen molar-refractivity contribution >= 4 is 11.8 Å². The standard InChI is InChI=1S/C24H28O6/c1-5-15(3)30-22(26)14-29-23-19(11-13-21(27-4)24(23)28-6-2)16-8-7-9-18-17(16)10-12-20(18)25/h7-9,11,13,15H,5-6,10,12,14H2,1-4H3. The summed E-state index contributed by atoms with van der Waals surface area (Å²) in [6.45, 7) is 5.80. The van der Waals surface area contributed by atoms with Crippen molar-refractivity contribution in [2.45, 2.75) is 46.1 Å². The number of ketones is 1. The average molecular weight is 412 g/mol.